The van der Waals surface area contributed by atoms with Gasteiger partial charge >= 0.3 is 0 Å². The van der Waals surface area contributed by atoms with Gasteiger partial charge in [0.2, 0.25) is 0 Å². The molecule has 100 valence electrons. The predicted octanol–water partition coefficient (Wildman–Crippen LogP) is 1.27. The topological polar surface area (TPSA) is 73.0 Å². The molecule has 1 aromatic heterocycles. The monoisotopic (exact) mass is 322 g/mol. The lowest BCUT2D eigenvalue weighted by Crippen LogP contribution is -2.49. The van der Waals surface area contributed by atoms with Crippen molar-refractivity contribution in [3.63, 3.8) is 0 Å². The third-order valence-corrected chi connectivity index (χ3v) is 4.74. The van der Waals surface area contributed by atoms with E-state index < -0.39 is 6.10 Å². The van der Waals surface area contributed by atoms with E-state index in [1.165, 1.54) is 0 Å². The fourth-order valence-electron chi connectivity index (χ4n) is 3.29. The molecule has 2 aromatic rings. The van der Waals surface area contributed by atoms with E-state index in [-0.39, 0.29) is 6.04 Å². The molecule has 0 amide bonds. The minimum absolute atomic E-state index is 0.110. The zero-order chi connectivity index (χ0) is 13.0. The van der Waals surface area contributed by atoms with Crippen molar-refractivity contribution in [2.45, 2.75) is 24.7 Å². The lowest BCUT2D eigenvalue weighted by Gasteiger charge is -2.27. The van der Waals surface area contributed by atoms with Crippen LogP contribution in [0.1, 0.15) is 18.2 Å². The fourth-order valence-corrected chi connectivity index (χ4v) is 3.64. The Bertz CT molecular complexity index is 628. The first-order valence-corrected chi connectivity index (χ1v) is 7.33. The van der Waals surface area contributed by atoms with Gasteiger partial charge in [0.15, 0.2) is 0 Å². The summed E-state index contributed by atoms with van der Waals surface area (Å²) < 4.78 is 0.995. The van der Waals surface area contributed by atoms with Crippen LogP contribution in [0.4, 0.5) is 0 Å². The Morgan fingerprint density at radius 1 is 1.42 bits per heavy atom. The number of nitrogens with one attached hydrogen (secondary N) is 3. The Kier molecular flexibility index (Phi) is 2.66. The summed E-state index contributed by atoms with van der Waals surface area (Å²) in [5, 5.41) is 25.7. The Morgan fingerprint density at radius 3 is 3.05 bits per heavy atom. The van der Waals surface area contributed by atoms with Gasteiger partial charge in [0, 0.05) is 22.4 Å². The van der Waals surface area contributed by atoms with Crippen molar-refractivity contribution in [3.8, 4) is 0 Å². The normalized spacial score (nSPS) is 31.2. The maximum atomic E-state index is 10.6. The molecule has 2 unspecified atom stereocenters. The third kappa shape index (κ3) is 1.82. The van der Waals surface area contributed by atoms with E-state index in [1.807, 2.05) is 18.2 Å². The Balaban J connectivity index is 1.70. The summed E-state index contributed by atoms with van der Waals surface area (Å²) in [6, 6.07) is 6.03. The van der Waals surface area contributed by atoms with Crippen molar-refractivity contribution in [3.05, 3.63) is 28.4 Å². The Labute approximate surface area is 118 Å². The van der Waals surface area contributed by atoms with Crippen molar-refractivity contribution in [1.82, 2.24) is 20.8 Å². The first-order chi connectivity index (χ1) is 9.22. The summed E-state index contributed by atoms with van der Waals surface area (Å²) in [6.07, 6.45) is 0.913. The molecule has 4 N–H and O–H groups in total. The summed E-state index contributed by atoms with van der Waals surface area (Å²) in [5.41, 5.74) is 1.69. The van der Waals surface area contributed by atoms with E-state index in [1.54, 1.807) is 0 Å². The molecule has 6 heteroatoms. The SMILES string of the molecule is OC(c1[nH]nc2cc(Br)ccc12)C1N[C@@H]2C[C@H]1CN2. The number of H-pyrrole nitrogens is 1. The van der Waals surface area contributed by atoms with Crippen molar-refractivity contribution in [2.75, 3.05) is 6.54 Å². The van der Waals surface area contributed by atoms with Gasteiger partial charge in [-0.25, -0.2) is 0 Å². The van der Waals surface area contributed by atoms with Gasteiger partial charge in [-0.05, 0) is 30.5 Å². The predicted molar refractivity (Wildman–Crippen MR) is 75.6 cm³/mol. The fraction of sp³-hybridized carbons (Fsp3) is 0.462. The van der Waals surface area contributed by atoms with E-state index in [0.29, 0.717) is 12.1 Å². The summed E-state index contributed by atoms with van der Waals surface area (Å²) in [6.45, 7) is 0.983. The van der Waals surface area contributed by atoms with Crippen LogP contribution in [0.25, 0.3) is 10.9 Å². The molecule has 0 spiro atoms. The number of nitrogens with zero attached hydrogens (tertiary/aromatic N) is 1. The number of aromatic nitrogens is 2. The van der Waals surface area contributed by atoms with Crippen molar-refractivity contribution in [1.29, 1.82) is 0 Å². The molecule has 0 radical (unpaired) electrons. The summed E-state index contributed by atoms with van der Waals surface area (Å²) in [4.78, 5) is 0. The van der Waals surface area contributed by atoms with Gasteiger partial charge < -0.3 is 10.4 Å². The summed E-state index contributed by atoms with van der Waals surface area (Å²) in [5.74, 6) is 0.494. The molecule has 2 fully saturated rings. The zero-order valence-corrected chi connectivity index (χ0v) is 11.8. The van der Waals surface area contributed by atoms with Crippen LogP contribution < -0.4 is 10.6 Å². The van der Waals surface area contributed by atoms with Crippen LogP contribution in [-0.4, -0.2) is 34.1 Å². The summed E-state index contributed by atoms with van der Waals surface area (Å²) >= 11 is 3.43. The molecule has 1 aromatic carbocycles. The van der Waals surface area contributed by atoms with E-state index in [4.69, 9.17) is 0 Å². The average molecular weight is 323 g/mol. The molecule has 3 heterocycles. The van der Waals surface area contributed by atoms with Gasteiger partial charge in [-0.15, -0.1) is 0 Å². The number of fused-ring (bicyclic) bond motifs is 3. The number of aliphatic hydroxyl groups is 1. The molecule has 4 rings (SSSR count). The number of hydrogen-bond acceptors (Lipinski definition) is 4. The van der Waals surface area contributed by atoms with Crippen LogP contribution in [0.3, 0.4) is 0 Å². The van der Waals surface area contributed by atoms with Crippen molar-refractivity contribution in [2.24, 2.45) is 5.92 Å². The van der Waals surface area contributed by atoms with Gasteiger partial charge in [0.25, 0.3) is 0 Å². The number of rotatable bonds is 2. The molecule has 2 bridgehead atoms. The maximum absolute atomic E-state index is 10.6. The number of hydrogen-bond donors (Lipinski definition) is 4. The van der Waals surface area contributed by atoms with Crippen molar-refractivity contribution < 1.29 is 5.11 Å². The van der Waals surface area contributed by atoms with Crippen LogP contribution in [0.5, 0.6) is 0 Å². The molecule has 2 aliphatic rings. The second-order valence-electron chi connectivity index (χ2n) is 5.39. The first-order valence-electron chi connectivity index (χ1n) is 6.53. The quantitative estimate of drug-likeness (QED) is 0.672. The van der Waals surface area contributed by atoms with Gasteiger partial charge in [0.05, 0.1) is 17.4 Å². The highest BCUT2D eigenvalue weighted by Gasteiger charge is 2.43. The highest BCUT2D eigenvalue weighted by Crippen LogP contribution is 2.34. The number of halogens is 1. The van der Waals surface area contributed by atoms with E-state index >= 15 is 0 Å². The molecular weight excluding hydrogens is 308 g/mol. The van der Waals surface area contributed by atoms with Crippen LogP contribution in [0.2, 0.25) is 0 Å². The van der Waals surface area contributed by atoms with E-state index in [2.05, 4.69) is 36.8 Å². The molecule has 4 atom stereocenters. The molecule has 2 saturated heterocycles. The average Bonchev–Trinajstić information content (AvgIpc) is 3.11. The van der Waals surface area contributed by atoms with E-state index in [0.717, 1.165) is 34.0 Å². The van der Waals surface area contributed by atoms with E-state index in [9.17, 15) is 5.11 Å². The second kappa shape index (κ2) is 4.28. The molecule has 2 aliphatic heterocycles. The smallest absolute Gasteiger partial charge is 0.112 e. The first kappa shape index (κ1) is 11.8. The van der Waals surface area contributed by atoms with Crippen LogP contribution in [-0.2, 0) is 0 Å². The van der Waals surface area contributed by atoms with Gasteiger partial charge in [-0.2, -0.15) is 5.10 Å². The lowest BCUT2D eigenvalue weighted by atomic mass is 9.94. The molecule has 0 saturated carbocycles. The maximum Gasteiger partial charge on any atom is 0.112 e. The number of aliphatic hydroxyl groups excluding tert-OH is 1. The van der Waals surface area contributed by atoms with Crippen LogP contribution in [0, 0.1) is 5.92 Å². The lowest BCUT2D eigenvalue weighted by molar-refractivity contribution is 0.104. The number of aromatic amines is 1. The largest absolute Gasteiger partial charge is 0.385 e. The standard InChI is InChI=1S/C13H15BrN4O/c14-7-1-2-8-9(4-7)17-18-12(8)13(19)11-6-3-10(16-11)15-5-6/h1-2,4,6,10-11,13,15-16,19H,3,5H2,(H,17,18)/t6-,10+,11?,13?/m0/s1. The highest BCUT2D eigenvalue weighted by molar-refractivity contribution is 9.10. The van der Waals surface area contributed by atoms with Crippen molar-refractivity contribution >= 4 is 26.8 Å². The van der Waals surface area contributed by atoms with Gasteiger partial charge in [0.1, 0.15) is 6.10 Å². The molecular formula is C13H15BrN4O. The minimum Gasteiger partial charge on any atom is -0.385 e. The molecule has 0 aliphatic carbocycles. The Morgan fingerprint density at radius 2 is 2.32 bits per heavy atom. The Hall–Kier alpha value is -0.950. The molecule has 5 nitrogen and oxygen atoms in total. The minimum atomic E-state index is -0.539. The second-order valence-corrected chi connectivity index (χ2v) is 6.31. The van der Waals surface area contributed by atoms with Crippen LogP contribution in [0.15, 0.2) is 22.7 Å². The van der Waals surface area contributed by atoms with Gasteiger partial charge in [-0.1, -0.05) is 15.9 Å². The summed E-state index contributed by atoms with van der Waals surface area (Å²) in [7, 11) is 0. The third-order valence-electron chi connectivity index (χ3n) is 4.25. The van der Waals surface area contributed by atoms with Crippen LogP contribution >= 0.6 is 15.9 Å². The molecule has 19 heavy (non-hydrogen) atoms. The van der Waals surface area contributed by atoms with Gasteiger partial charge in [-0.3, -0.25) is 10.4 Å². The number of benzene rings is 1. The zero-order valence-electron chi connectivity index (χ0n) is 10.2. The highest BCUT2D eigenvalue weighted by atomic mass is 79.9.